The Balaban J connectivity index is 1.35. The van der Waals surface area contributed by atoms with E-state index in [2.05, 4.69) is 77.4 Å². The smallest absolute Gasteiger partial charge is 0.229 e. The number of anilines is 4. The lowest BCUT2D eigenvalue weighted by Crippen LogP contribution is -2.27. The van der Waals surface area contributed by atoms with Crippen molar-refractivity contribution in [3.05, 3.63) is 69.9 Å². The zero-order chi connectivity index (χ0) is 22.7. The summed E-state index contributed by atoms with van der Waals surface area (Å²) in [4.78, 5) is 14.0. The minimum atomic E-state index is 0.0299. The van der Waals surface area contributed by atoms with Gasteiger partial charge in [-0.05, 0) is 72.7 Å². The molecule has 170 valence electrons. The standard InChI is InChI=1S/C27H30ClN5/c1-27(2)16-33(24-7-5-4-6-22(24)27)25-23(28)14-29-26(31-25)30-19-12-18-15-32(3)11-10-20(18)21(13-19)17-8-9-17/h4-7,12-14,17H,8-11,15-16H2,1-3H3,(H,29,30,31). The van der Waals surface area contributed by atoms with Gasteiger partial charge in [0.05, 0.1) is 6.20 Å². The lowest BCUT2D eigenvalue weighted by atomic mass is 9.87. The van der Waals surface area contributed by atoms with E-state index < -0.39 is 0 Å². The van der Waals surface area contributed by atoms with Gasteiger partial charge in [0.2, 0.25) is 5.95 Å². The average molecular weight is 460 g/mol. The lowest BCUT2D eigenvalue weighted by Gasteiger charge is -2.28. The van der Waals surface area contributed by atoms with Gasteiger partial charge in [0.15, 0.2) is 5.82 Å². The highest BCUT2D eigenvalue weighted by Crippen LogP contribution is 2.46. The second-order valence-corrected chi connectivity index (χ2v) is 10.8. The molecule has 3 aliphatic rings. The molecule has 1 aliphatic carbocycles. The Morgan fingerprint density at radius 2 is 1.97 bits per heavy atom. The molecule has 0 saturated heterocycles. The Hall–Kier alpha value is -2.63. The van der Waals surface area contributed by atoms with Crippen LogP contribution in [0, 0.1) is 0 Å². The molecule has 6 rings (SSSR count). The Kier molecular flexibility index (Phi) is 4.89. The number of likely N-dealkylation sites (N-methyl/N-ethyl adjacent to an activating group) is 1. The van der Waals surface area contributed by atoms with Gasteiger partial charge in [0.1, 0.15) is 5.02 Å². The fraction of sp³-hybridized carbons (Fsp3) is 0.407. The maximum Gasteiger partial charge on any atom is 0.229 e. The number of fused-ring (bicyclic) bond motifs is 2. The SMILES string of the molecule is CN1CCc2c(cc(Nc3ncc(Cl)c(N4CC(C)(C)c5ccccc54)n3)cc2C2CC2)C1. The molecule has 33 heavy (non-hydrogen) atoms. The third kappa shape index (κ3) is 3.77. The molecule has 0 bridgehead atoms. The van der Waals surface area contributed by atoms with Crippen LogP contribution in [0.25, 0.3) is 0 Å². The van der Waals surface area contributed by atoms with E-state index >= 15 is 0 Å². The predicted octanol–water partition coefficient (Wildman–Crippen LogP) is 6.17. The van der Waals surface area contributed by atoms with Crippen molar-refractivity contribution < 1.29 is 0 Å². The van der Waals surface area contributed by atoms with Crippen LogP contribution < -0.4 is 10.2 Å². The summed E-state index contributed by atoms with van der Waals surface area (Å²) < 4.78 is 0. The van der Waals surface area contributed by atoms with Gasteiger partial charge in [-0.1, -0.05) is 43.6 Å². The Morgan fingerprint density at radius 3 is 2.79 bits per heavy atom. The minimum Gasteiger partial charge on any atom is -0.324 e. The number of aromatic nitrogens is 2. The van der Waals surface area contributed by atoms with Gasteiger partial charge in [-0.25, -0.2) is 4.98 Å². The van der Waals surface area contributed by atoms with Crippen LogP contribution in [0.3, 0.4) is 0 Å². The van der Waals surface area contributed by atoms with E-state index in [1.165, 1.54) is 35.2 Å². The van der Waals surface area contributed by atoms with Crippen molar-refractivity contribution in [1.29, 1.82) is 0 Å². The highest BCUT2D eigenvalue weighted by atomic mass is 35.5. The summed E-state index contributed by atoms with van der Waals surface area (Å²) in [5.74, 6) is 2.06. The van der Waals surface area contributed by atoms with Crippen LogP contribution in [0.5, 0.6) is 0 Å². The first-order valence-electron chi connectivity index (χ1n) is 11.9. The number of benzene rings is 2. The molecule has 2 aromatic carbocycles. The third-order valence-corrected chi connectivity index (χ3v) is 7.56. The molecule has 1 fully saturated rings. The Labute approximate surface area is 200 Å². The van der Waals surface area contributed by atoms with Crippen LogP contribution >= 0.6 is 11.6 Å². The van der Waals surface area contributed by atoms with Gasteiger partial charge in [-0.15, -0.1) is 0 Å². The van der Waals surface area contributed by atoms with Crippen molar-refractivity contribution in [1.82, 2.24) is 14.9 Å². The number of nitrogens with one attached hydrogen (secondary N) is 1. The van der Waals surface area contributed by atoms with Crippen LogP contribution in [0.15, 0.2) is 42.6 Å². The molecule has 0 amide bonds. The first-order chi connectivity index (χ1) is 15.9. The van der Waals surface area contributed by atoms with E-state index in [9.17, 15) is 0 Å². The highest BCUT2D eigenvalue weighted by Gasteiger charge is 2.37. The predicted molar refractivity (Wildman–Crippen MR) is 135 cm³/mol. The van der Waals surface area contributed by atoms with Gasteiger partial charge < -0.3 is 15.1 Å². The fourth-order valence-electron chi connectivity index (χ4n) is 5.48. The number of hydrogen-bond acceptors (Lipinski definition) is 5. The average Bonchev–Trinajstić information content (AvgIpc) is 3.60. The van der Waals surface area contributed by atoms with E-state index in [0.29, 0.717) is 16.9 Å². The third-order valence-electron chi connectivity index (χ3n) is 7.29. The molecule has 0 radical (unpaired) electrons. The molecular formula is C27H30ClN5. The van der Waals surface area contributed by atoms with Gasteiger partial charge >= 0.3 is 0 Å². The van der Waals surface area contributed by atoms with Gasteiger partial charge in [0, 0.05) is 36.4 Å². The van der Waals surface area contributed by atoms with Crippen LogP contribution in [0.1, 0.15) is 54.9 Å². The van der Waals surface area contributed by atoms with Gasteiger partial charge in [-0.3, -0.25) is 0 Å². The maximum atomic E-state index is 6.62. The van der Waals surface area contributed by atoms with Crippen molar-refractivity contribution in [2.45, 2.75) is 51.0 Å². The number of rotatable bonds is 4. The molecule has 1 saturated carbocycles. The quantitative estimate of drug-likeness (QED) is 0.505. The van der Waals surface area contributed by atoms with Crippen molar-refractivity contribution in [3.8, 4) is 0 Å². The van der Waals surface area contributed by atoms with E-state index in [-0.39, 0.29) is 5.41 Å². The number of halogens is 1. The molecule has 3 aromatic rings. The number of para-hydroxylation sites is 1. The van der Waals surface area contributed by atoms with Crippen LogP contribution in [-0.2, 0) is 18.4 Å². The number of nitrogens with zero attached hydrogens (tertiary/aromatic N) is 4. The Bertz CT molecular complexity index is 1230. The minimum absolute atomic E-state index is 0.0299. The van der Waals surface area contributed by atoms with Gasteiger partial charge in [-0.2, -0.15) is 4.98 Å². The summed E-state index contributed by atoms with van der Waals surface area (Å²) >= 11 is 6.62. The molecule has 0 atom stereocenters. The lowest BCUT2D eigenvalue weighted by molar-refractivity contribution is 0.312. The van der Waals surface area contributed by atoms with Crippen LogP contribution in [0.4, 0.5) is 23.1 Å². The molecule has 2 aliphatic heterocycles. The van der Waals surface area contributed by atoms with E-state index in [1.54, 1.807) is 11.8 Å². The molecule has 6 heteroatoms. The molecule has 3 heterocycles. The van der Waals surface area contributed by atoms with Crippen molar-refractivity contribution in [2.75, 3.05) is 30.4 Å². The Morgan fingerprint density at radius 1 is 1.15 bits per heavy atom. The highest BCUT2D eigenvalue weighted by molar-refractivity contribution is 6.33. The first kappa shape index (κ1) is 20.9. The molecular weight excluding hydrogens is 430 g/mol. The van der Waals surface area contributed by atoms with E-state index in [4.69, 9.17) is 16.6 Å². The van der Waals surface area contributed by atoms with E-state index in [1.807, 2.05) is 0 Å². The normalized spacial score (nSPS) is 19.3. The number of hydrogen-bond donors (Lipinski definition) is 1. The van der Waals surface area contributed by atoms with E-state index in [0.717, 1.165) is 37.6 Å². The zero-order valence-corrected chi connectivity index (χ0v) is 20.3. The molecule has 1 aromatic heterocycles. The second-order valence-electron chi connectivity index (χ2n) is 10.4. The van der Waals surface area contributed by atoms with Gasteiger partial charge in [0.25, 0.3) is 0 Å². The summed E-state index contributed by atoms with van der Waals surface area (Å²) in [6.45, 7) is 7.50. The summed E-state index contributed by atoms with van der Waals surface area (Å²) in [5.41, 5.74) is 8.11. The summed E-state index contributed by atoms with van der Waals surface area (Å²) in [6, 6.07) is 13.1. The topological polar surface area (TPSA) is 44.3 Å². The maximum absolute atomic E-state index is 6.62. The fourth-order valence-corrected chi connectivity index (χ4v) is 5.67. The first-order valence-corrected chi connectivity index (χ1v) is 12.3. The molecule has 1 N–H and O–H groups in total. The molecule has 5 nitrogen and oxygen atoms in total. The van der Waals surface area contributed by atoms with Crippen molar-refractivity contribution >= 4 is 34.7 Å². The molecule has 0 spiro atoms. The van der Waals surface area contributed by atoms with Crippen molar-refractivity contribution in [3.63, 3.8) is 0 Å². The summed E-state index contributed by atoms with van der Waals surface area (Å²) in [6.07, 6.45) is 5.47. The summed E-state index contributed by atoms with van der Waals surface area (Å²) in [7, 11) is 2.20. The second kappa shape index (κ2) is 7.71. The van der Waals surface area contributed by atoms with Crippen LogP contribution in [0.2, 0.25) is 5.02 Å². The largest absolute Gasteiger partial charge is 0.324 e. The molecule has 0 unspecified atom stereocenters. The monoisotopic (exact) mass is 459 g/mol. The van der Waals surface area contributed by atoms with Crippen molar-refractivity contribution in [2.24, 2.45) is 0 Å². The zero-order valence-electron chi connectivity index (χ0n) is 19.5. The van der Waals surface area contributed by atoms with Crippen LogP contribution in [-0.4, -0.2) is 35.0 Å². The summed E-state index contributed by atoms with van der Waals surface area (Å²) in [5, 5.41) is 4.07.